The summed E-state index contributed by atoms with van der Waals surface area (Å²) in [7, 11) is 0. The second-order valence-electron chi connectivity index (χ2n) is 5.57. The number of carbonyl (C=O) groups excluding carboxylic acids is 2. The van der Waals surface area contributed by atoms with E-state index in [0.717, 1.165) is 19.3 Å². The maximum absolute atomic E-state index is 12.8. The molecule has 0 spiro atoms. The molecular formula is C15H18FN3O2S. The molecule has 1 heterocycles. The number of hydrogen-bond acceptors (Lipinski definition) is 4. The van der Waals surface area contributed by atoms with Crippen molar-refractivity contribution in [2.45, 2.75) is 25.3 Å². The summed E-state index contributed by atoms with van der Waals surface area (Å²) >= 11 is 1.59. The Bertz CT molecular complexity index is 562. The summed E-state index contributed by atoms with van der Waals surface area (Å²) in [6, 6.07) is 5.26. The number of nitrogens with zero attached hydrogens (tertiary/aromatic N) is 1. The number of hydrazine groups is 1. The van der Waals surface area contributed by atoms with Gasteiger partial charge in [-0.05, 0) is 37.1 Å². The zero-order chi connectivity index (χ0) is 15.5. The molecule has 1 saturated heterocycles. The lowest BCUT2D eigenvalue weighted by Crippen LogP contribution is -2.51. The van der Waals surface area contributed by atoms with Gasteiger partial charge in [0.2, 0.25) is 5.91 Å². The lowest BCUT2D eigenvalue weighted by molar-refractivity contribution is -0.143. The van der Waals surface area contributed by atoms with Gasteiger partial charge in [-0.1, -0.05) is 6.42 Å². The zero-order valence-corrected chi connectivity index (χ0v) is 12.9. The van der Waals surface area contributed by atoms with Crippen LogP contribution in [-0.2, 0) is 9.59 Å². The first-order valence-electron chi connectivity index (χ1n) is 7.35. The minimum absolute atomic E-state index is 0.0955. The van der Waals surface area contributed by atoms with Crippen LogP contribution in [0.4, 0.5) is 10.1 Å². The summed E-state index contributed by atoms with van der Waals surface area (Å²) in [5.41, 5.74) is 5.95. The van der Waals surface area contributed by atoms with E-state index in [0.29, 0.717) is 17.3 Å². The lowest BCUT2D eigenvalue weighted by atomic mass is 9.84. The first kappa shape index (κ1) is 15.1. The van der Waals surface area contributed by atoms with Gasteiger partial charge < -0.3 is 4.90 Å². The lowest BCUT2D eigenvalue weighted by Gasteiger charge is -2.31. The number of thioether (sulfide) groups is 1. The topological polar surface area (TPSA) is 61.4 Å². The highest BCUT2D eigenvalue weighted by Gasteiger charge is 2.39. The van der Waals surface area contributed by atoms with Gasteiger partial charge in [0.05, 0.1) is 11.6 Å². The Hall–Kier alpha value is -1.76. The fourth-order valence-electron chi connectivity index (χ4n) is 2.52. The van der Waals surface area contributed by atoms with Gasteiger partial charge in [0.25, 0.3) is 5.91 Å². The Morgan fingerprint density at radius 2 is 1.95 bits per heavy atom. The standard InChI is InChI=1S/C15H18FN3O2S/c16-11-4-6-12(7-5-11)17-18-14(20)13-8-22-9-19(13)15(21)10-2-1-3-10/h4-7,10,13,17H,1-3,8-9H2,(H,18,20)/t13-/m1/s1. The molecule has 2 amide bonds. The normalized spacial score (nSPS) is 21.3. The maximum Gasteiger partial charge on any atom is 0.261 e. The monoisotopic (exact) mass is 323 g/mol. The summed E-state index contributed by atoms with van der Waals surface area (Å²) in [6.45, 7) is 0. The molecule has 0 bridgehead atoms. The number of halogens is 1. The second-order valence-corrected chi connectivity index (χ2v) is 6.57. The highest BCUT2D eigenvalue weighted by atomic mass is 32.2. The van der Waals surface area contributed by atoms with E-state index in [1.54, 1.807) is 16.7 Å². The van der Waals surface area contributed by atoms with E-state index in [2.05, 4.69) is 10.9 Å². The molecule has 7 heteroatoms. The van der Waals surface area contributed by atoms with Gasteiger partial charge in [0.15, 0.2) is 0 Å². The quantitative estimate of drug-likeness (QED) is 0.832. The average Bonchev–Trinajstić information content (AvgIpc) is 2.94. The minimum Gasteiger partial charge on any atom is -0.320 e. The Kier molecular flexibility index (Phi) is 4.52. The van der Waals surface area contributed by atoms with Gasteiger partial charge in [-0.2, -0.15) is 0 Å². The van der Waals surface area contributed by atoms with Crippen molar-refractivity contribution in [2.24, 2.45) is 5.92 Å². The fourth-order valence-corrected chi connectivity index (χ4v) is 3.68. The molecule has 1 aromatic carbocycles. The smallest absolute Gasteiger partial charge is 0.261 e. The Balaban J connectivity index is 1.56. The van der Waals surface area contributed by atoms with E-state index < -0.39 is 6.04 Å². The van der Waals surface area contributed by atoms with Crippen LogP contribution in [0, 0.1) is 11.7 Å². The average molecular weight is 323 g/mol. The molecule has 3 rings (SSSR count). The molecule has 1 saturated carbocycles. The van der Waals surface area contributed by atoms with Crippen LogP contribution in [0.2, 0.25) is 0 Å². The van der Waals surface area contributed by atoms with Crippen LogP contribution in [0.3, 0.4) is 0 Å². The van der Waals surface area contributed by atoms with Crippen molar-refractivity contribution in [3.8, 4) is 0 Å². The van der Waals surface area contributed by atoms with E-state index in [4.69, 9.17) is 0 Å². The summed E-state index contributed by atoms with van der Waals surface area (Å²) in [4.78, 5) is 26.3. The highest BCUT2D eigenvalue weighted by Crippen LogP contribution is 2.32. The SMILES string of the molecule is O=C(NNc1ccc(F)cc1)[C@H]1CSCN1C(=O)C1CCC1. The minimum atomic E-state index is -0.439. The maximum atomic E-state index is 12.8. The zero-order valence-electron chi connectivity index (χ0n) is 12.0. The summed E-state index contributed by atoms with van der Waals surface area (Å²) < 4.78 is 12.8. The number of hydrogen-bond donors (Lipinski definition) is 2. The number of carbonyl (C=O) groups is 2. The molecular weight excluding hydrogens is 305 g/mol. The molecule has 5 nitrogen and oxygen atoms in total. The van der Waals surface area contributed by atoms with Crippen molar-refractivity contribution in [2.75, 3.05) is 17.1 Å². The van der Waals surface area contributed by atoms with E-state index in [-0.39, 0.29) is 23.5 Å². The molecule has 118 valence electrons. The Morgan fingerprint density at radius 3 is 2.59 bits per heavy atom. The largest absolute Gasteiger partial charge is 0.320 e. The molecule has 22 heavy (non-hydrogen) atoms. The van der Waals surface area contributed by atoms with Gasteiger partial charge in [-0.3, -0.25) is 20.4 Å². The Morgan fingerprint density at radius 1 is 1.23 bits per heavy atom. The van der Waals surface area contributed by atoms with Gasteiger partial charge >= 0.3 is 0 Å². The third-order valence-electron chi connectivity index (χ3n) is 4.10. The van der Waals surface area contributed by atoms with Crippen molar-refractivity contribution < 1.29 is 14.0 Å². The molecule has 1 aliphatic heterocycles. The van der Waals surface area contributed by atoms with Crippen molar-refractivity contribution in [3.63, 3.8) is 0 Å². The molecule has 0 aromatic heterocycles. The first-order chi connectivity index (χ1) is 10.6. The van der Waals surface area contributed by atoms with Crippen LogP contribution in [0.25, 0.3) is 0 Å². The summed E-state index contributed by atoms with van der Waals surface area (Å²) in [6.07, 6.45) is 2.96. The van der Waals surface area contributed by atoms with Gasteiger partial charge in [-0.25, -0.2) is 4.39 Å². The van der Waals surface area contributed by atoms with E-state index in [9.17, 15) is 14.0 Å². The van der Waals surface area contributed by atoms with Crippen molar-refractivity contribution in [1.29, 1.82) is 0 Å². The van der Waals surface area contributed by atoms with Crippen LogP contribution in [-0.4, -0.2) is 34.4 Å². The van der Waals surface area contributed by atoms with Gasteiger partial charge in [0.1, 0.15) is 11.9 Å². The van der Waals surface area contributed by atoms with Crippen molar-refractivity contribution in [3.05, 3.63) is 30.1 Å². The number of rotatable bonds is 4. The molecule has 2 fully saturated rings. The molecule has 0 radical (unpaired) electrons. The first-order valence-corrected chi connectivity index (χ1v) is 8.50. The second kappa shape index (κ2) is 6.56. The highest BCUT2D eigenvalue weighted by molar-refractivity contribution is 7.99. The number of amides is 2. The van der Waals surface area contributed by atoms with Crippen molar-refractivity contribution in [1.82, 2.24) is 10.3 Å². The van der Waals surface area contributed by atoms with E-state index in [1.165, 1.54) is 24.3 Å². The molecule has 2 N–H and O–H groups in total. The molecule has 1 atom stereocenters. The molecule has 0 unspecified atom stereocenters. The number of anilines is 1. The van der Waals surface area contributed by atoms with Crippen LogP contribution >= 0.6 is 11.8 Å². The van der Waals surface area contributed by atoms with Gasteiger partial charge in [0, 0.05) is 11.7 Å². The van der Waals surface area contributed by atoms with Crippen molar-refractivity contribution >= 4 is 29.3 Å². The summed E-state index contributed by atoms with van der Waals surface area (Å²) in [5, 5.41) is 0. The van der Waals surface area contributed by atoms with Crippen LogP contribution in [0.5, 0.6) is 0 Å². The molecule has 1 aliphatic carbocycles. The van der Waals surface area contributed by atoms with Crippen LogP contribution in [0.15, 0.2) is 24.3 Å². The molecule has 2 aliphatic rings. The van der Waals surface area contributed by atoms with E-state index in [1.807, 2.05) is 0 Å². The van der Waals surface area contributed by atoms with Crippen LogP contribution < -0.4 is 10.9 Å². The fraction of sp³-hybridized carbons (Fsp3) is 0.467. The third-order valence-corrected chi connectivity index (χ3v) is 5.11. The van der Waals surface area contributed by atoms with Crippen LogP contribution in [0.1, 0.15) is 19.3 Å². The van der Waals surface area contributed by atoms with E-state index >= 15 is 0 Å². The number of benzene rings is 1. The van der Waals surface area contributed by atoms with Gasteiger partial charge in [-0.15, -0.1) is 11.8 Å². The molecule has 1 aromatic rings. The number of nitrogens with one attached hydrogen (secondary N) is 2. The Labute approximate surface area is 132 Å². The third kappa shape index (κ3) is 3.19. The predicted octanol–water partition coefficient (Wildman–Crippen LogP) is 1.97. The summed E-state index contributed by atoms with van der Waals surface area (Å²) in [5.74, 6) is 0.805. The predicted molar refractivity (Wildman–Crippen MR) is 83.5 cm³/mol.